The molecule has 0 bridgehead atoms. The van der Waals surface area contributed by atoms with E-state index in [0.717, 1.165) is 36.2 Å². The van der Waals surface area contributed by atoms with Crippen molar-refractivity contribution in [2.45, 2.75) is 44.4 Å². The molecule has 2 aliphatic rings. The highest BCUT2D eigenvalue weighted by Gasteiger charge is 2.35. The molecular formula is C23H26N2O2S. The lowest BCUT2D eigenvalue weighted by Gasteiger charge is -2.28. The first-order valence-electron chi connectivity index (χ1n) is 9.98. The minimum Gasteiger partial charge on any atom is -0.326 e. The molecule has 1 aliphatic heterocycles. The van der Waals surface area contributed by atoms with E-state index in [0.29, 0.717) is 11.7 Å². The van der Waals surface area contributed by atoms with Crippen LogP contribution in [-0.4, -0.2) is 17.6 Å². The van der Waals surface area contributed by atoms with Gasteiger partial charge in [-0.1, -0.05) is 50.6 Å². The smallest absolute Gasteiger partial charge is 0.238 e. The van der Waals surface area contributed by atoms with Gasteiger partial charge >= 0.3 is 0 Å². The molecular weight excluding hydrogens is 368 g/mol. The molecule has 0 aromatic heterocycles. The summed E-state index contributed by atoms with van der Waals surface area (Å²) in [5.74, 6) is 1.27. The van der Waals surface area contributed by atoms with E-state index in [1.165, 1.54) is 5.56 Å². The van der Waals surface area contributed by atoms with Gasteiger partial charge < -0.3 is 5.32 Å². The highest BCUT2D eigenvalue weighted by molar-refractivity contribution is 8.00. The van der Waals surface area contributed by atoms with Gasteiger partial charge in [-0.25, -0.2) is 0 Å². The van der Waals surface area contributed by atoms with E-state index in [9.17, 15) is 9.59 Å². The molecule has 1 N–H and O–H groups in total. The average molecular weight is 395 g/mol. The average Bonchev–Trinajstić information content (AvgIpc) is 3.02. The molecule has 0 unspecified atom stereocenters. The van der Waals surface area contributed by atoms with Gasteiger partial charge in [0.1, 0.15) is 5.37 Å². The molecule has 2 amide bonds. The lowest BCUT2D eigenvalue weighted by molar-refractivity contribution is -0.122. The van der Waals surface area contributed by atoms with Crippen molar-refractivity contribution in [3.8, 4) is 0 Å². The van der Waals surface area contributed by atoms with Crippen molar-refractivity contribution in [3.05, 3.63) is 59.7 Å². The lowest BCUT2D eigenvalue weighted by atomic mass is 9.85. The number of amides is 2. The van der Waals surface area contributed by atoms with E-state index in [-0.39, 0.29) is 23.1 Å². The number of nitrogens with one attached hydrogen (secondary N) is 1. The quantitative estimate of drug-likeness (QED) is 0.746. The van der Waals surface area contributed by atoms with Crippen LogP contribution in [0.3, 0.4) is 0 Å². The molecule has 28 heavy (non-hydrogen) atoms. The molecule has 1 heterocycles. The second kappa shape index (κ2) is 8.00. The highest BCUT2D eigenvalue weighted by Crippen LogP contribution is 2.44. The van der Waals surface area contributed by atoms with Gasteiger partial charge in [0, 0.05) is 17.3 Å². The third kappa shape index (κ3) is 3.68. The fraction of sp³-hybridized carbons (Fsp3) is 0.391. The Morgan fingerprint density at radius 1 is 1.11 bits per heavy atom. The Kier molecular flexibility index (Phi) is 5.44. The maximum Gasteiger partial charge on any atom is 0.238 e. The number of benzene rings is 2. The summed E-state index contributed by atoms with van der Waals surface area (Å²) < 4.78 is 0. The third-order valence-electron chi connectivity index (χ3n) is 5.63. The predicted octanol–water partition coefficient (Wildman–Crippen LogP) is 5.33. The number of hydrogen-bond donors (Lipinski definition) is 1. The molecule has 5 heteroatoms. The van der Waals surface area contributed by atoms with Gasteiger partial charge in [0.15, 0.2) is 0 Å². The molecule has 2 aromatic carbocycles. The molecule has 2 fully saturated rings. The van der Waals surface area contributed by atoms with E-state index >= 15 is 0 Å². The fourth-order valence-electron chi connectivity index (χ4n) is 3.77. The molecule has 0 spiro atoms. The largest absolute Gasteiger partial charge is 0.326 e. The Morgan fingerprint density at radius 3 is 2.46 bits per heavy atom. The number of thioether (sulfide) groups is 1. The zero-order chi connectivity index (χ0) is 19.7. The summed E-state index contributed by atoms with van der Waals surface area (Å²) in [5, 5.41) is 2.97. The van der Waals surface area contributed by atoms with Crippen molar-refractivity contribution in [1.29, 1.82) is 0 Å². The number of carbonyl (C=O) groups is 2. The van der Waals surface area contributed by atoms with Gasteiger partial charge in [0.2, 0.25) is 11.8 Å². The van der Waals surface area contributed by atoms with E-state index in [1.54, 1.807) is 11.8 Å². The summed E-state index contributed by atoms with van der Waals surface area (Å²) in [6.45, 7) is 4.31. The summed E-state index contributed by atoms with van der Waals surface area (Å²) in [4.78, 5) is 26.8. The Morgan fingerprint density at radius 2 is 1.82 bits per heavy atom. The van der Waals surface area contributed by atoms with E-state index in [2.05, 4.69) is 25.2 Å². The van der Waals surface area contributed by atoms with Crippen LogP contribution in [0.1, 0.15) is 55.5 Å². The lowest BCUT2D eigenvalue weighted by Crippen LogP contribution is -2.29. The van der Waals surface area contributed by atoms with Gasteiger partial charge in [0.25, 0.3) is 0 Å². The molecule has 2 aromatic rings. The Labute approximate surface area is 170 Å². The normalized spacial score (nSPS) is 19.8. The van der Waals surface area contributed by atoms with E-state index in [1.807, 2.05) is 47.4 Å². The number of hydrogen-bond acceptors (Lipinski definition) is 3. The second-order valence-electron chi connectivity index (χ2n) is 7.88. The predicted molar refractivity (Wildman–Crippen MR) is 116 cm³/mol. The van der Waals surface area contributed by atoms with Crippen molar-refractivity contribution in [3.63, 3.8) is 0 Å². The van der Waals surface area contributed by atoms with Gasteiger partial charge in [-0.3, -0.25) is 14.5 Å². The molecule has 1 saturated heterocycles. The fourth-order valence-corrected chi connectivity index (χ4v) is 4.94. The van der Waals surface area contributed by atoms with Crippen molar-refractivity contribution >= 4 is 35.0 Å². The minimum atomic E-state index is -0.0382. The first kappa shape index (κ1) is 19.1. The van der Waals surface area contributed by atoms with Crippen molar-refractivity contribution in [2.75, 3.05) is 16.0 Å². The minimum absolute atomic E-state index is 0.0382. The second-order valence-corrected chi connectivity index (χ2v) is 8.95. The monoisotopic (exact) mass is 394 g/mol. The van der Waals surface area contributed by atoms with Crippen LogP contribution in [-0.2, 0) is 9.59 Å². The summed E-state index contributed by atoms with van der Waals surface area (Å²) in [6, 6.07) is 16.1. The van der Waals surface area contributed by atoms with Crippen molar-refractivity contribution < 1.29 is 9.59 Å². The van der Waals surface area contributed by atoms with Crippen LogP contribution >= 0.6 is 11.8 Å². The highest BCUT2D eigenvalue weighted by atomic mass is 32.2. The summed E-state index contributed by atoms with van der Waals surface area (Å²) >= 11 is 1.65. The molecule has 0 radical (unpaired) electrons. The SMILES string of the molecule is CC(C)c1ccccc1N1C(=O)CS[C@@H]1c1ccc(NC(=O)C2CCC2)cc1. The zero-order valence-corrected chi connectivity index (χ0v) is 17.2. The number of carbonyl (C=O) groups excluding carboxylic acids is 2. The Bertz CT molecular complexity index is 874. The maximum absolute atomic E-state index is 12.7. The Balaban J connectivity index is 1.56. The van der Waals surface area contributed by atoms with Crippen molar-refractivity contribution in [1.82, 2.24) is 0 Å². The standard InChI is InChI=1S/C23H26N2O2S/c1-15(2)19-8-3-4-9-20(19)25-21(26)14-28-23(25)17-10-12-18(13-11-17)24-22(27)16-6-5-7-16/h3-4,8-13,15-16,23H,5-7,14H2,1-2H3,(H,24,27)/t23-/m1/s1. The van der Waals surface area contributed by atoms with Crippen LogP contribution in [0.2, 0.25) is 0 Å². The molecule has 1 aliphatic carbocycles. The summed E-state index contributed by atoms with van der Waals surface area (Å²) in [6.07, 6.45) is 3.14. The first-order valence-corrected chi connectivity index (χ1v) is 11.0. The first-order chi connectivity index (χ1) is 13.5. The van der Waals surface area contributed by atoms with Gasteiger partial charge in [0.05, 0.1) is 5.75 Å². The number of para-hydroxylation sites is 1. The van der Waals surface area contributed by atoms with Crippen LogP contribution in [0, 0.1) is 5.92 Å². The molecule has 1 saturated carbocycles. The molecule has 1 atom stereocenters. The topological polar surface area (TPSA) is 49.4 Å². The van der Waals surface area contributed by atoms with E-state index in [4.69, 9.17) is 0 Å². The summed E-state index contributed by atoms with van der Waals surface area (Å²) in [5.41, 5.74) is 4.09. The van der Waals surface area contributed by atoms with Gasteiger partial charge in [-0.2, -0.15) is 0 Å². The van der Waals surface area contributed by atoms with Crippen molar-refractivity contribution in [2.24, 2.45) is 5.92 Å². The Hall–Kier alpha value is -2.27. The number of anilines is 2. The van der Waals surface area contributed by atoms with Crippen LogP contribution < -0.4 is 10.2 Å². The molecule has 4 nitrogen and oxygen atoms in total. The van der Waals surface area contributed by atoms with Crippen LogP contribution in [0.5, 0.6) is 0 Å². The van der Waals surface area contributed by atoms with Crippen LogP contribution in [0.4, 0.5) is 11.4 Å². The van der Waals surface area contributed by atoms with Gasteiger partial charge in [-0.05, 0) is 48.1 Å². The summed E-state index contributed by atoms with van der Waals surface area (Å²) in [7, 11) is 0. The van der Waals surface area contributed by atoms with E-state index < -0.39 is 0 Å². The molecule has 4 rings (SSSR count). The zero-order valence-electron chi connectivity index (χ0n) is 16.4. The number of nitrogens with zero attached hydrogens (tertiary/aromatic N) is 1. The number of rotatable bonds is 5. The third-order valence-corrected chi connectivity index (χ3v) is 6.84. The van der Waals surface area contributed by atoms with Crippen LogP contribution in [0.15, 0.2) is 48.5 Å². The molecule has 146 valence electrons. The van der Waals surface area contributed by atoms with Crippen LogP contribution in [0.25, 0.3) is 0 Å². The maximum atomic E-state index is 12.7. The van der Waals surface area contributed by atoms with Gasteiger partial charge in [-0.15, -0.1) is 11.8 Å².